The Bertz CT molecular complexity index is 2630. The fraction of sp³-hybridized carbons (Fsp3) is 0.395. The third-order valence-electron chi connectivity index (χ3n) is 11.6. The van der Waals surface area contributed by atoms with E-state index in [1.165, 1.54) is 43.5 Å². The highest BCUT2D eigenvalue weighted by Gasteiger charge is 2.51. The molecule has 0 unspecified atom stereocenters. The zero-order valence-corrected chi connectivity index (χ0v) is 33.6. The normalized spacial score (nSPS) is 22.8. The smallest absolute Gasteiger partial charge is 0.277 e. The summed E-state index contributed by atoms with van der Waals surface area (Å²) < 4.78 is 68.0. The van der Waals surface area contributed by atoms with Gasteiger partial charge in [-0.25, -0.2) is 17.6 Å². The van der Waals surface area contributed by atoms with Gasteiger partial charge in [-0.3, -0.25) is 28.8 Å². The fourth-order valence-corrected chi connectivity index (χ4v) is 8.57. The van der Waals surface area contributed by atoms with Gasteiger partial charge < -0.3 is 38.6 Å². The van der Waals surface area contributed by atoms with E-state index < -0.39 is 80.5 Å². The number of aryl methyl sites for hydroxylation is 2. The van der Waals surface area contributed by atoms with Crippen molar-refractivity contribution in [3.8, 4) is 11.5 Å². The molecule has 61 heavy (non-hydrogen) atoms. The average molecular weight is 851 g/mol. The number of fused-ring (bicyclic) bond motifs is 4. The van der Waals surface area contributed by atoms with Crippen LogP contribution in [0.3, 0.4) is 0 Å². The number of hydrogen-bond acceptors (Lipinski definition) is 10. The first-order valence-electron chi connectivity index (χ1n) is 19.6. The number of ether oxygens (including phenoxy) is 2. The first kappa shape index (κ1) is 43.0. The van der Waals surface area contributed by atoms with Crippen LogP contribution in [0.15, 0.2) is 58.4 Å². The maximum absolute atomic E-state index is 13.8. The highest BCUT2D eigenvalue weighted by atomic mass is 19.1. The maximum Gasteiger partial charge on any atom is 0.277 e. The number of aromatic nitrogens is 2. The number of hydrogen-bond donors (Lipinski definition) is 2. The van der Waals surface area contributed by atoms with Gasteiger partial charge in [0.25, 0.3) is 11.8 Å². The average Bonchev–Trinajstić information content (AvgIpc) is 3.50. The molecule has 8 rings (SSSR count). The molecule has 322 valence electrons. The lowest BCUT2D eigenvalue weighted by molar-refractivity contribution is -0.185. The number of halogens is 4. The van der Waals surface area contributed by atoms with E-state index >= 15 is 0 Å². The van der Waals surface area contributed by atoms with Crippen LogP contribution in [0.25, 0.3) is 0 Å². The van der Waals surface area contributed by atoms with Crippen molar-refractivity contribution in [3.63, 3.8) is 0 Å². The van der Waals surface area contributed by atoms with Gasteiger partial charge in [0.05, 0.1) is 43.5 Å². The van der Waals surface area contributed by atoms with Gasteiger partial charge in [0.15, 0.2) is 45.9 Å². The third-order valence-corrected chi connectivity index (χ3v) is 11.6. The second-order valence-corrected chi connectivity index (χ2v) is 16.1. The van der Waals surface area contributed by atoms with Crippen LogP contribution in [0.1, 0.15) is 99.8 Å². The van der Waals surface area contributed by atoms with Crippen molar-refractivity contribution in [3.05, 3.63) is 126 Å². The van der Waals surface area contributed by atoms with Crippen molar-refractivity contribution in [2.24, 2.45) is 0 Å². The molecule has 2 amide bonds. The van der Waals surface area contributed by atoms with E-state index in [1.807, 2.05) is 6.92 Å². The number of pyridine rings is 2. The highest BCUT2D eigenvalue weighted by Crippen LogP contribution is 2.38. The third kappa shape index (κ3) is 7.73. The molecule has 4 aliphatic heterocycles. The molecular formula is C43H42F4N4O10. The number of ketones is 2. The lowest BCUT2D eigenvalue weighted by Gasteiger charge is -2.51. The number of carbonyl (C=O) groups is 4. The summed E-state index contributed by atoms with van der Waals surface area (Å²) in [6.45, 7) is 8.20. The SMILES string of the molecule is C[C@@H]1CCO[C@@]2(C)Cn3cc(C(=O)CCc4ccc(F)cc4F)c(=O)c(O)c3C(=O)N12.C[C@H]1CO[C@]2(C)Cn3cc(C(=O)CCc4ccc(F)cc4F)c(=O)c(O)c3C(=O)N12. The van der Waals surface area contributed by atoms with Crippen LogP contribution in [-0.2, 0) is 35.4 Å². The first-order valence-corrected chi connectivity index (χ1v) is 19.6. The minimum absolute atomic E-state index is 0.0437. The van der Waals surface area contributed by atoms with Gasteiger partial charge in [-0.1, -0.05) is 12.1 Å². The van der Waals surface area contributed by atoms with Crippen molar-refractivity contribution in [1.82, 2.24) is 18.9 Å². The van der Waals surface area contributed by atoms with Gasteiger partial charge >= 0.3 is 0 Å². The van der Waals surface area contributed by atoms with Crippen LogP contribution in [0, 0.1) is 23.3 Å². The lowest BCUT2D eigenvalue weighted by Crippen LogP contribution is -2.64. The topological polar surface area (TPSA) is 178 Å². The Morgan fingerprint density at radius 3 is 1.56 bits per heavy atom. The van der Waals surface area contributed by atoms with Crippen molar-refractivity contribution in [1.29, 1.82) is 0 Å². The summed E-state index contributed by atoms with van der Waals surface area (Å²) in [5.41, 5.74) is -4.50. The number of carbonyl (C=O) groups excluding carboxylic acids is 4. The summed E-state index contributed by atoms with van der Waals surface area (Å²) in [5.74, 6) is -6.90. The second kappa shape index (κ2) is 16.0. The molecular weight excluding hydrogens is 808 g/mol. The predicted octanol–water partition coefficient (Wildman–Crippen LogP) is 4.87. The molecule has 0 spiro atoms. The molecule has 6 heterocycles. The molecule has 18 heteroatoms. The number of amides is 2. The minimum Gasteiger partial charge on any atom is -0.503 e. The van der Waals surface area contributed by atoms with Crippen LogP contribution in [-0.4, -0.2) is 89.3 Å². The van der Waals surface area contributed by atoms with E-state index in [4.69, 9.17) is 9.47 Å². The Hall–Kier alpha value is -6.14. The number of aromatic hydroxyl groups is 2. The molecule has 0 radical (unpaired) electrons. The van der Waals surface area contributed by atoms with E-state index in [2.05, 4.69) is 0 Å². The molecule has 2 N–H and O–H groups in total. The molecule has 14 nitrogen and oxygen atoms in total. The van der Waals surface area contributed by atoms with Crippen LogP contribution in [0.2, 0.25) is 0 Å². The Balaban J connectivity index is 0.000000184. The zero-order valence-electron chi connectivity index (χ0n) is 33.6. The quantitative estimate of drug-likeness (QED) is 0.184. The van der Waals surface area contributed by atoms with E-state index in [0.717, 1.165) is 24.3 Å². The summed E-state index contributed by atoms with van der Waals surface area (Å²) in [7, 11) is 0. The van der Waals surface area contributed by atoms with Crippen molar-refractivity contribution in [2.45, 2.75) is 96.4 Å². The Kier molecular flexibility index (Phi) is 11.3. The van der Waals surface area contributed by atoms with Crippen LogP contribution < -0.4 is 10.9 Å². The van der Waals surface area contributed by atoms with Crippen molar-refractivity contribution < 1.29 is 56.4 Å². The largest absolute Gasteiger partial charge is 0.503 e. The summed E-state index contributed by atoms with van der Waals surface area (Å²) in [6, 6.07) is 5.74. The van der Waals surface area contributed by atoms with E-state index in [-0.39, 0.29) is 84.5 Å². The standard InChI is InChI=1S/C22H22F2N2O5.C21H20F2N2O5/c1-12-7-8-31-22(2)11-25-10-15(19(28)20(29)18(25)21(30)26(12)22)17(27)6-4-13-3-5-14(23)9-16(13)24;1-11-9-30-21(2)10-24-8-14(18(27)19(28)17(24)20(29)25(11)21)16(26)6-4-12-3-5-13(22)7-15(12)23/h3,5,9-10,12,29H,4,6-8,11H2,1-2H3;3,5,7-8,11,28H,4,6,9-10H2,1-2H3/t12-,22+;11-,21+/m10/s1. The monoisotopic (exact) mass is 850 g/mol. The summed E-state index contributed by atoms with van der Waals surface area (Å²) in [5, 5.41) is 20.9. The van der Waals surface area contributed by atoms with Gasteiger partial charge in [0, 0.05) is 43.4 Å². The molecule has 0 bridgehead atoms. The van der Waals surface area contributed by atoms with Gasteiger partial charge in [-0.15, -0.1) is 0 Å². The molecule has 2 saturated heterocycles. The highest BCUT2D eigenvalue weighted by molar-refractivity contribution is 6.01. The van der Waals surface area contributed by atoms with Crippen LogP contribution in [0.4, 0.5) is 17.6 Å². The number of nitrogens with zero attached hydrogens (tertiary/aromatic N) is 4. The molecule has 2 fully saturated rings. The molecule has 2 aromatic carbocycles. The molecule has 0 saturated carbocycles. The Morgan fingerprint density at radius 2 is 1.11 bits per heavy atom. The van der Waals surface area contributed by atoms with Crippen molar-refractivity contribution >= 4 is 23.4 Å². The Morgan fingerprint density at radius 1 is 0.689 bits per heavy atom. The predicted molar refractivity (Wildman–Crippen MR) is 207 cm³/mol. The first-order chi connectivity index (χ1) is 28.7. The summed E-state index contributed by atoms with van der Waals surface area (Å²) in [6.07, 6.45) is 2.60. The molecule has 0 aliphatic carbocycles. The zero-order chi connectivity index (χ0) is 44.3. The molecule has 4 aliphatic rings. The number of rotatable bonds is 8. The summed E-state index contributed by atoms with van der Waals surface area (Å²) in [4.78, 5) is 79.6. The van der Waals surface area contributed by atoms with Gasteiger partial charge in [-0.05, 0) is 70.2 Å². The lowest BCUT2D eigenvalue weighted by atomic mass is 9.98. The second-order valence-electron chi connectivity index (χ2n) is 16.1. The van der Waals surface area contributed by atoms with E-state index in [0.29, 0.717) is 19.6 Å². The molecule has 4 aromatic rings. The van der Waals surface area contributed by atoms with Crippen LogP contribution in [0.5, 0.6) is 11.5 Å². The van der Waals surface area contributed by atoms with Gasteiger partial charge in [0.1, 0.15) is 23.3 Å². The van der Waals surface area contributed by atoms with Gasteiger partial charge in [0.2, 0.25) is 10.9 Å². The maximum atomic E-state index is 13.8. The fourth-order valence-electron chi connectivity index (χ4n) is 8.57. The van der Waals surface area contributed by atoms with Gasteiger partial charge in [-0.2, -0.15) is 0 Å². The summed E-state index contributed by atoms with van der Waals surface area (Å²) >= 11 is 0. The van der Waals surface area contributed by atoms with Crippen LogP contribution >= 0.6 is 0 Å². The molecule has 4 atom stereocenters. The number of benzene rings is 2. The van der Waals surface area contributed by atoms with Crippen molar-refractivity contribution in [2.75, 3.05) is 13.2 Å². The minimum atomic E-state index is -0.971. The molecule has 2 aromatic heterocycles. The Labute approximate surface area is 345 Å². The van der Waals surface area contributed by atoms with E-state index in [1.54, 1.807) is 20.8 Å². The number of Topliss-reactive ketones (excluding diaryl/α,β-unsaturated/α-hetero) is 2. The van der Waals surface area contributed by atoms with E-state index in [9.17, 15) is 56.5 Å².